The minimum atomic E-state index is -0.533. The summed E-state index contributed by atoms with van der Waals surface area (Å²) in [5, 5.41) is 18.8. The minimum Gasteiger partial charge on any atom is -0.457 e. The van der Waals surface area contributed by atoms with E-state index in [4.69, 9.17) is 16.0 Å². The number of nitrogens with zero attached hydrogens (tertiary/aromatic N) is 1. The van der Waals surface area contributed by atoms with Crippen LogP contribution in [0.1, 0.15) is 66.3 Å². The number of nitro groups is 1. The van der Waals surface area contributed by atoms with Crippen LogP contribution in [0.15, 0.2) is 34.7 Å². The highest BCUT2D eigenvalue weighted by Gasteiger charge is 2.38. The van der Waals surface area contributed by atoms with Crippen LogP contribution in [0.5, 0.6) is 0 Å². The Bertz CT molecular complexity index is 1300. The van der Waals surface area contributed by atoms with Gasteiger partial charge in [-0.15, -0.1) is 11.3 Å². The number of amides is 1. The van der Waals surface area contributed by atoms with Crippen molar-refractivity contribution in [1.29, 1.82) is 0 Å². The predicted molar refractivity (Wildman–Crippen MR) is 134 cm³/mol. The molecule has 1 aromatic carbocycles. The summed E-state index contributed by atoms with van der Waals surface area (Å²) in [6.45, 7) is 6.91. The first-order chi connectivity index (χ1) is 16.2. The normalized spacial score (nSPS) is 19.7. The molecule has 1 aliphatic carbocycles. The number of hydrogen-bond acceptors (Lipinski definition) is 6. The second-order valence-corrected chi connectivity index (χ2v) is 11.2. The average molecular weight is 500 g/mol. The van der Waals surface area contributed by atoms with Crippen molar-refractivity contribution < 1.29 is 14.1 Å². The Hall–Kier alpha value is -2.84. The van der Waals surface area contributed by atoms with Crippen LogP contribution in [0.2, 0.25) is 5.02 Å². The van der Waals surface area contributed by atoms with Crippen molar-refractivity contribution in [3.05, 3.63) is 67.2 Å². The molecule has 5 rings (SSSR count). The zero-order chi connectivity index (χ0) is 24.2. The molecule has 2 unspecified atom stereocenters. The SMILES string of the molecule is CCC(C)(C)C1CCc2c(sc3c2C(=O)NC(c2ccc(-c4cc([N+](=O)[O-])ccc4Cl)o2)N3)C1. The molecule has 34 heavy (non-hydrogen) atoms. The van der Waals surface area contributed by atoms with Gasteiger partial charge in [0.05, 0.1) is 15.5 Å². The molecule has 0 saturated carbocycles. The van der Waals surface area contributed by atoms with Gasteiger partial charge in [-0.25, -0.2) is 0 Å². The maximum atomic E-state index is 13.1. The topological polar surface area (TPSA) is 97.4 Å². The Morgan fingerprint density at radius 1 is 1.26 bits per heavy atom. The fraction of sp³-hybridized carbons (Fsp3) is 0.400. The van der Waals surface area contributed by atoms with E-state index in [1.807, 2.05) is 0 Å². The molecule has 3 aromatic rings. The first-order valence-electron chi connectivity index (χ1n) is 11.4. The lowest BCUT2D eigenvalue weighted by atomic mass is 9.69. The molecular formula is C25H26ClN3O4S. The molecule has 3 heterocycles. The number of anilines is 1. The summed E-state index contributed by atoms with van der Waals surface area (Å²) in [6, 6.07) is 7.68. The first kappa shape index (κ1) is 22.9. The van der Waals surface area contributed by atoms with Gasteiger partial charge in [0.1, 0.15) is 16.5 Å². The molecular weight excluding hydrogens is 474 g/mol. The predicted octanol–water partition coefficient (Wildman–Crippen LogP) is 6.96. The second kappa shape index (κ2) is 8.43. The van der Waals surface area contributed by atoms with Crippen LogP contribution in [0, 0.1) is 21.4 Å². The molecule has 0 bridgehead atoms. The Labute approximate surface area is 206 Å². The third-order valence-corrected chi connectivity index (χ3v) is 8.91. The van der Waals surface area contributed by atoms with Gasteiger partial charge in [-0.2, -0.15) is 0 Å². The van der Waals surface area contributed by atoms with Crippen LogP contribution in [0.3, 0.4) is 0 Å². The standard InChI is InChI=1S/C25H26ClN3O4S/c1-4-25(2,3)13-5-7-15-20(11-13)34-24-21(15)23(30)27-22(28-24)19-10-9-18(33-19)16-12-14(29(31)32)6-8-17(16)26/h6,8-10,12-13,22,28H,4-5,7,11H2,1-3H3,(H,27,30). The minimum absolute atomic E-state index is 0.0696. The van der Waals surface area contributed by atoms with Crippen LogP contribution in [0.25, 0.3) is 11.3 Å². The third kappa shape index (κ3) is 3.88. The van der Waals surface area contributed by atoms with Gasteiger partial charge in [-0.3, -0.25) is 14.9 Å². The molecule has 1 aliphatic heterocycles. The van der Waals surface area contributed by atoms with Crippen molar-refractivity contribution in [2.75, 3.05) is 5.32 Å². The second-order valence-electron chi connectivity index (χ2n) is 9.66. The van der Waals surface area contributed by atoms with Crippen LogP contribution < -0.4 is 10.6 Å². The lowest BCUT2D eigenvalue weighted by Crippen LogP contribution is -2.38. The van der Waals surface area contributed by atoms with Crippen molar-refractivity contribution in [3.8, 4) is 11.3 Å². The molecule has 2 aromatic heterocycles. The molecule has 0 spiro atoms. The molecule has 2 N–H and O–H groups in total. The molecule has 0 saturated heterocycles. The van der Waals surface area contributed by atoms with Crippen LogP contribution in [-0.4, -0.2) is 10.8 Å². The van der Waals surface area contributed by atoms with Gasteiger partial charge in [0.15, 0.2) is 6.17 Å². The van der Waals surface area contributed by atoms with E-state index in [-0.39, 0.29) is 17.0 Å². The van der Waals surface area contributed by atoms with E-state index in [1.165, 1.54) is 28.6 Å². The van der Waals surface area contributed by atoms with Crippen molar-refractivity contribution >= 4 is 39.5 Å². The summed E-state index contributed by atoms with van der Waals surface area (Å²) in [5.41, 5.74) is 2.58. The summed E-state index contributed by atoms with van der Waals surface area (Å²) in [4.78, 5) is 25.1. The summed E-state index contributed by atoms with van der Waals surface area (Å²) in [7, 11) is 0. The van der Waals surface area contributed by atoms with Crippen molar-refractivity contribution in [2.24, 2.45) is 11.3 Å². The molecule has 9 heteroatoms. The first-order valence-corrected chi connectivity index (χ1v) is 12.6. The number of non-ortho nitro benzene ring substituents is 1. The van der Waals surface area contributed by atoms with E-state index < -0.39 is 11.1 Å². The number of nitrogens with one attached hydrogen (secondary N) is 2. The van der Waals surface area contributed by atoms with Crippen molar-refractivity contribution in [3.63, 3.8) is 0 Å². The number of carbonyl (C=O) groups excluding carboxylic acids is 1. The largest absolute Gasteiger partial charge is 0.457 e. The van der Waals surface area contributed by atoms with Gasteiger partial charge in [-0.05, 0) is 54.4 Å². The number of rotatable bonds is 5. The van der Waals surface area contributed by atoms with E-state index in [2.05, 4.69) is 31.4 Å². The highest BCUT2D eigenvalue weighted by molar-refractivity contribution is 7.16. The van der Waals surface area contributed by atoms with Crippen LogP contribution >= 0.6 is 22.9 Å². The zero-order valence-corrected chi connectivity index (χ0v) is 20.8. The number of carbonyl (C=O) groups is 1. The van der Waals surface area contributed by atoms with Gasteiger partial charge in [0, 0.05) is 22.6 Å². The average Bonchev–Trinajstić information content (AvgIpc) is 3.43. The maximum Gasteiger partial charge on any atom is 0.270 e. The lowest BCUT2D eigenvalue weighted by Gasteiger charge is -2.36. The van der Waals surface area contributed by atoms with Gasteiger partial charge in [0.25, 0.3) is 11.6 Å². The molecule has 0 radical (unpaired) electrons. The van der Waals surface area contributed by atoms with E-state index in [9.17, 15) is 14.9 Å². The highest BCUT2D eigenvalue weighted by atomic mass is 35.5. The van der Waals surface area contributed by atoms with Crippen molar-refractivity contribution in [2.45, 2.75) is 52.6 Å². The summed E-state index contributed by atoms with van der Waals surface area (Å²) in [6.07, 6.45) is 3.62. The van der Waals surface area contributed by atoms with Gasteiger partial charge >= 0.3 is 0 Å². The Morgan fingerprint density at radius 2 is 2.06 bits per heavy atom. The number of nitro benzene ring substituents is 1. The maximum absolute atomic E-state index is 13.1. The molecule has 2 aliphatic rings. The fourth-order valence-corrected chi connectivity index (χ4v) is 6.43. The number of fused-ring (bicyclic) bond motifs is 3. The fourth-order valence-electron chi connectivity index (χ4n) is 4.86. The summed E-state index contributed by atoms with van der Waals surface area (Å²) in [5.74, 6) is 1.42. The number of halogens is 1. The lowest BCUT2D eigenvalue weighted by molar-refractivity contribution is -0.384. The van der Waals surface area contributed by atoms with E-state index >= 15 is 0 Å². The number of benzene rings is 1. The van der Waals surface area contributed by atoms with Gasteiger partial charge in [0.2, 0.25) is 0 Å². The quantitative estimate of drug-likeness (QED) is 0.292. The number of hydrogen-bond donors (Lipinski definition) is 2. The Kier molecular flexibility index (Phi) is 5.68. The van der Waals surface area contributed by atoms with E-state index in [0.717, 1.165) is 36.2 Å². The summed E-state index contributed by atoms with van der Waals surface area (Å²) >= 11 is 7.94. The Morgan fingerprint density at radius 3 is 2.79 bits per heavy atom. The van der Waals surface area contributed by atoms with Crippen molar-refractivity contribution in [1.82, 2.24) is 5.32 Å². The number of furan rings is 1. The molecule has 178 valence electrons. The number of thiophene rings is 1. The monoisotopic (exact) mass is 499 g/mol. The van der Waals surface area contributed by atoms with E-state index in [0.29, 0.717) is 28.0 Å². The zero-order valence-electron chi connectivity index (χ0n) is 19.2. The van der Waals surface area contributed by atoms with Crippen LogP contribution in [0.4, 0.5) is 10.7 Å². The molecule has 1 amide bonds. The van der Waals surface area contributed by atoms with Crippen LogP contribution in [-0.2, 0) is 12.8 Å². The highest BCUT2D eigenvalue weighted by Crippen LogP contribution is 2.47. The van der Waals surface area contributed by atoms with Gasteiger partial charge in [-0.1, -0.05) is 38.8 Å². The van der Waals surface area contributed by atoms with Gasteiger partial charge < -0.3 is 15.1 Å². The summed E-state index contributed by atoms with van der Waals surface area (Å²) < 4.78 is 5.99. The molecule has 2 atom stereocenters. The third-order valence-electron chi connectivity index (χ3n) is 7.40. The van der Waals surface area contributed by atoms with E-state index in [1.54, 1.807) is 23.5 Å². The Balaban J connectivity index is 1.41. The smallest absolute Gasteiger partial charge is 0.270 e. The molecule has 0 fully saturated rings. The molecule has 7 nitrogen and oxygen atoms in total.